The summed E-state index contributed by atoms with van der Waals surface area (Å²) in [6, 6.07) is 12.8. The molecule has 2 rings (SSSR count). The van der Waals surface area contributed by atoms with Crippen molar-refractivity contribution >= 4 is 5.69 Å². The molecule has 0 amide bonds. The summed E-state index contributed by atoms with van der Waals surface area (Å²) >= 11 is 0. The van der Waals surface area contributed by atoms with Gasteiger partial charge in [0.15, 0.2) is 0 Å². The number of halogens is 3. The van der Waals surface area contributed by atoms with Crippen LogP contribution in [0.2, 0.25) is 0 Å². The number of unbranched alkanes of at least 4 members (excludes halogenated alkanes) is 2. The molecule has 0 radical (unpaired) electrons. The van der Waals surface area contributed by atoms with E-state index in [9.17, 15) is 13.2 Å². The van der Waals surface area contributed by atoms with E-state index in [0.29, 0.717) is 18.8 Å². The van der Waals surface area contributed by atoms with Crippen molar-refractivity contribution in [3.05, 3.63) is 59.7 Å². The van der Waals surface area contributed by atoms with Crippen molar-refractivity contribution in [1.29, 1.82) is 0 Å². The minimum absolute atomic E-state index is 0.449. The van der Waals surface area contributed by atoms with E-state index in [1.54, 1.807) is 6.07 Å². The molecule has 0 spiro atoms. The Morgan fingerprint density at radius 2 is 1.75 bits per heavy atom. The molecule has 0 saturated heterocycles. The second-order valence-electron chi connectivity index (χ2n) is 5.63. The lowest BCUT2D eigenvalue weighted by Crippen LogP contribution is -2.06. The van der Waals surface area contributed by atoms with Gasteiger partial charge in [-0.25, -0.2) is 0 Å². The summed E-state index contributed by atoms with van der Waals surface area (Å²) in [6.07, 6.45) is -0.980. The van der Waals surface area contributed by atoms with Crippen LogP contribution in [0, 0.1) is 0 Å². The predicted molar refractivity (Wildman–Crippen MR) is 90.2 cm³/mol. The SMILES string of the molecule is CCCCCOc1ccc(CNc2cccc(C(F)(F)F)c2)cc1. The minimum atomic E-state index is -4.32. The summed E-state index contributed by atoms with van der Waals surface area (Å²) in [6.45, 7) is 3.30. The molecule has 2 aromatic rings. The first-order valence-corrected chi connectivity index (χ1v) is 8.12. The van der Waals surface area contributed by atoms with Crippen LogP contribution in [0.4, 0.5) is 18.9 Å². The minimum Gasteiger partial charge on any atom is -0.494 e. The zero-order valence-electron chi connectivity index (χ0n) is 13.7. The highest BCUT2D eigenvalue weighted by Crippen LogP contribution is 2.30. The summed E-state index contributed by atoms with van der Waals surface area (Å²) in [5, 5.41) is 3.01. The third-order valence-electron chi connectivity index (χ3n) is 3.63. The molecular formula is C19H22F3NO. The standard InChI is InChI=1S/C19H22F3NO/c1-2-3-4-12-24-18-10-8-15(9-11-18)14-23-17-7-5-6-16(13-17)19(20,21)22/h5-11,13,23H,2-4,12,14H2,1H3. The van der Waals surface area contributed by atoms with E-state index in [0.717, 1.165) is 42.7 Å². The fourth-order valence-electron chi connectivity index (χ4n) is 2.26. The van der Waals surface area contributed by atoms with Crippen molar-refractivity contribution in [2.45, 2.75) is 38.9 Å². The molecular weight excluding hydrogens is 315 g/mol. The molecule has 2 aromatic carbocycles. The third kappa shape index (κ3) is 5.80. The van der Waals surface area contributed by atoms with Gasteiger partial charge in [-0.05, 0) is 42.3 Å². The molecule has 0 atom stereocenters. The maximum absolute atomic E-state index is 12.7. The lowest BCUT2D eigenvalue weighted by Gasteiger charge is -2.11. The molecule has 0 heterocycles. The summed E-state index contributed by atoms with van der Waals surface area (Å²) in [5.74, 6) is 0.814. The molecule has 0 aliphatic rings. The lowest BCUT2D eigenvalue weighted by molar-refractivity contribution is -0.137. The third-order valence-corrected chi connectivity index (χ3v) is 3.63. The van der Waals surface area contributed by atoms with E-state index < -0.39 is 11.7 Å². The highest BCUT2D eigenvalue weighted by Gasteiger charge is 2.30. The molecule has 0 aromatic heterocycles. The van der Waals surface area contributed by atoms with Crippen LogP contribution >= 0.6 is 0 Å². The molecule has 130 valence electrons. The first kappa shape index (κ1) is 18.2. The van der Waals surface area contributed by atoms with Crippen molar-refractivity contribution in [3.8, 4) is 5.75 Å². The maximum atomic E-state index is 12.7. The second-order valence-corrected chi connectivity index (χ2v) is 5.63. The van der Waals surface area contributed by atoms with Crippen molar-refractivity contribution in [1.82, 2.24) is 0 Å². The van der Waals surface area contributed by atoms with Gasteiger partial charge in [-0.2, -0.15) is 13.2 Å². The van der Waals surface area contributed by atoms with Gasteiger partial charge in [0.05, 0.1) is 12.2 Å². The molecule has 0 aliphatic carbocycles. The zero-order chi connectivity index (χ0) is 17.4. The van der Waals surface area contributed by atoms with Gasteiger partial charge in [0.1, 0.15) is 5.75 Å². The van der Waals surface area contributed by atoms with Gasteiger partial charge in [0, 0.05) is 12.2 Å². The summed E-state index contributed by atoms with van der Waals surface area (Å²) in [7, 11) is 0. The Bertz CT molecular complexity index is 623. The average Bonchev–Trinajstić information content (AvgIpc) is 2.57. The van der Waals surface area contributed by atoms with Crippen LogP contribution in [-0.2, 0) is 12.7 Å². The molecule has 0 unspecified atom stereocenters. The monoisotopic (exact) mass is 337 g/mol. The maximum Gasteiger partial charge on any atom is 0.416 e. The number of alkyl halides is 3. The van der Waals surface area contributed by atoms with Gasteiger partial charge >= 0.3 is 6.18 Å². The van der Waals surface area contributed by atoms with E-state index in [2.05, 4.69) is 12.2 Å². The molecule has 5 heteroatoms. The first-order valence-electron chi connectivity index (χ1n) is 8.12. The topological polar surface area (TPSA) is 21.3 Å². The highest BCUT2D eigenvalue weighted by molar-refractivity contribution is 5.47. The Morgan fingerprint density at radius 3 is 2.42 bits per heavy atom. The van der Waals surface area contributed by atoms with Crippen molar-refractivity contribution < 1.29 is 17.9 Å². The molecule has 0 bridgehead atoms. The average molecular weight is 337 g/mol. The normalized spacial score (nSPS) is 11.3. The molecule has 0 saturated carbocycles. The van der Waals surface area contributed by atoms with E-state index >= 15 is 0 Å². The van der Waals surface area contributed by atoms with Crippen LogP contribution in [0.15, 0.2) is 48.5 Å². The predicted octanol–water partition coefficient (Wildman–Crippen LogP) is 5.89. The Balaban J connectivity index is 1.86. The molecule has 0 aliphatic heterocycles. The van der Waals surface area contributed by atoms with E-state index in [1.165, 1.54) is 6.07 Å². The number of hydrogen-bond donors (Lipinski definition) is 1. The number of anilines is 1. The van der Waals surface area contributed by atoms with Crippen LogP contribution in [0.1, 0.15) is 37.3 Å². The number of ether oxygens (including phenoxy) is 1. The fraction of sp³-hybridized carbons (Fsp3) is 0.368. The number of hydrogen-bond acceptors (Lipinski definition) is 2. The molecule has 1 N–H and O–H groups in total. The Kier molecular flexibility index (Phi) is 6.53. The van der Waals surface area contributed by atoms with Gasteiger partial charge < -0.3 is 10.1 Å². The largest absolute Gasteiger partial charge is 0.494 e. The van der Waals surface area contributed by atoms with Gasteiger partial charge in [-0.1, -0.05) is 38.0 Å². The second kappa shape index (κ2) is 8.62. The van der Waals surface area contributed by atoms with Gasteiger partial charge in [-0.3, -0.25) is 0 Å². The smallest absolute Gasteiger partial charge is 0.416 e. The molecule has 2 nitrogen and oxygen atoms in total. The zero-order valence-corrected chi connectivity index (χ0v) is 13.7. The van der Waals surface area contributed by atoms with Crippen LogP contribution < -0.4 is 10.1 Å². The number of nitrogens with one attached hydrogen (secondary N) is 1. The van der Waals surface area contributed by atoms with Gasteiger partial charge in [0.2, 0.25) is 0 Å². The molecule has 24 heavy (non-hydrogen) atoms. The summed E-state index contributed by atoms with van der Waals surface area (Å²) in [5.41, 5.74) is 0.779. The summed E-state index contributed by atoms with van der Waals surface area (Å²) < 4.78 is 43.7. The van der Waals surface area contributed by atoms with Crippen LogP contribution in [-0.4, -0.2) is 6.61 Å². The van der Waals surface area contributed by atoms with Crippen molar-refractivity contribution in [2.75, 3.05) is 11.9 Å². The fourth-order valence-corrected chi connectivity index (χ4v) is 2.26. The van der Waals surface area contributed by atoms with Crippen molar-refractivity contribution in [2.24, 2.45) is 0 Å². The summed E-state index contributed by atoms with van der Waals surface area (Å²) in [4.78, 5) is 0. The van der Waals surface area contributed by atoms with Gasteiger partial charge in [0.25, 0.3) is 0 Å². The van der Waals surface area contributed by atoms with Crippen LogP contribution in [0.25, 0.3) is 0 Å². The number of benzene rings is 2. The van der Waals surface area contributed by atoms with E-state index in [1.807, 2.05) is 24.3 Å². The van der Waals surface area contributed by atoms with Crippen LogP contribution in [0.5, 0.6) is 5.75 Å². The Morgan fingerprint density at radius 1 is 1.00 bits per heavy atom. The number of rotatable bonds is 8. The highest BCUT2D eigenvalue weighted by atomic mass is 19.4. The lowest BCUT2D eigenvalue weighted by atomic mass is 10.1. The molecule has 0 fully saturated rings. The Hall–Kier alpha value is -2.17. The van der Waals surface area contributed by atoms with E-state index in [-0.39, 0.29) is 0 Å². The Labute approximate surface area is 140 Å². The quantitative estimate of drug-likeness (QED) is 0.607. The van der Waals surface area contributed by atoms with E-state index in [4.69, 9.17) is 4.74 Å². The van der Waals surface area contributed by atoms with Crippen LogP contribution in [0.3, 0.4) is 0 Å². The first-order chi connectivity index (χ1) is 11.5. The van der Waals surface area contributed by atoms with Gasteiger partial charge in [-0.15, -0.1) is 0 Å². The van der Waals surface area contributed by atoms with Crippen molar-refractivity contribution in [3.63, 3.8) is 0 Å².